The fourth-order valence-corrected chi connectivity index (χ4v) is 2.40. The van der Waals surface area contributed by atoms with Crippen LogP contribution in [0.15, 0.2) is 0 Å². The second-order valence-electron chi connectivity index (χ2n) is 5.66. The van der Waals surface area contributed by atoms with Crippen molar-refractivity contribution in [1.82, 2.24) is 10.6 Å². The predicted molar refractivity (Wildman–Crippen MR) is 76.4 cm³/mol. The van der Waals surface area contributed by atoms with Crippen molar-refractivity contribution < 1.29 is 44.7 Å². The Balaban J connectivity index is 3.01. The molecule has 1 saturated heterocycles. The van der Waals surface area contributed by atoms with Gasteiger partial charge in [-0.1, -0.05) is 0 Å². The van der Waals surface area contributed by atoms with E-state index < -0.39 is 60.4 Å². The number of carboxylic acid groups (broad SMARTS) is 1. The van der Waals surface area contributed by atoms with Crippen molar-refractivity contribution in [2.24, 2.45) is 0 Å². The SMILES string of the molecule is CC(=O)NCC(O)C(O)C1OC(O)(C(=O)O)CC(O)C1NC(C)=O. The first-order valence-corrected chi connectivity index (χ1v) is 7.17. The average molecular weight is 350 g/mol. The number of aliphatic hydroxyl groups excluding tert-OH is 3. The smallest absolute Gasteiger partial charge is 0.364 e. The molecule has 24 heavy (non-hydrogen) atoms. The van der Waals surface area contributed by atoms with Crippen molar-refractivity contribution in [3.8, 4) is 0 Å². The van der Waals surface area contributed by atoms with Crippen molar-refractivity contribution in [3.63, 3.8) is 0 Å². The van der Waals surface area contributed by atoms with E-state index in [4.69, 9.17) is 9.84 Å². The summed E-state index contributed by atoms with van der Waals surface area (Å²) in [5.41, 5.74) is 0. The van der Waals surface area contributed by atoms with Crippen LogP contribution in [0.3, 0.4) is 0 Å². The molecule has 0 radical (unpaired) electrons. The maximum Gasteiger partial charge on any atom is 0.364 e. The molecule has 2 amide bonds. The summed E-state index contributed by atoms with van der Waals surface area (Å²) in [7, 11) is 0. The molecular formula is C13H22N2O9. The summed E-state index contributed by atoms with van der Waals surface area (Å²) in [6, 6.07) is -1.27. The Bertz CT molecular complexity index is 500. The molecule has 0 saturated carbocycles. The van der Waals surface area contributed by atoms with Crippen LogP contribution in [0.25, 0.3) is 0 Å². The molecule has 7 N–H and O–H groups in total. The van der Waals surface area contributed by atoms with E-state index in [0.29, 0.717) is 0 Å². The monoisotopic (exact) mass is 350 g/mol. The molecule has 1 aliphatic rings. The van der Waals surface area contributed by atoms with Gasteiger partial charge in [-0.3, -0.25) is 9.59 Å². The molecule has 1 rings (SSSR count). The van der Waals surface area contributed by atoms with E-state index in [2.05, 4.69) is 10.6 Å². The van der Waals surface area contributed by atoms with Gasteiger partial charge in [0.1, 0.15) is 12.2 Å². The zero-order chi connectivity index (χ0) is 18.7. The van der Waals surface area contributed by atoms with Gasteiger partial charge in [0.15, 0.2) is 0 Å². The first-order chi connectivity index (χ1) is 11.0. The second kappa shape index (κ2) is 7.85. The summed E-state index contributed by atoms with van der Waals surface area (Å²) in [4.78, 5) is 33.2. The van der Waals surface area contributed by atoms with Crippen LogP contribution in [0.5, 0.6) is 0 Å². The molecule has 0 aromatic carbocycles. The number of carbonyl (C=O) groups is 3. The van der Waals surface area contributed by atoms with Gasteiger partial charge in [-0.05, 0) is 0 Å². The Hall–Kier alpha value is -1.79. The van der Waals surface area contributed by atoms with Gasteiger partial charge in [-0.2, -0.15) is 0 Å². The van der Waals surface area contributed by atoms with Crippen molar-refractivity contribution in [3.05, 3.63) is 0 Å². The van der Waals surface area contributed by atoms with E-state index in [1.165, 1.54) is 6.92 Å². The van der Waals surface area contributed by atoms with Crippen LogP contribution < -0.4 is 10.6 Å². The highest BCUT2D eigenvalue weighted by Gasteiger charge is 2.53. The standard InChI is InChI=1S/C13H22N2O9/c1-5(16)14-4-8(19)10(20)11-9(15-6(2)17)7(18)3-13(23,24-11)12(21)22/h7-11,18-20,23H,3-4H2,1-2H3,(H,14,16)(H,15,17)(H,21,22). The van der Waals surface area contributed by atoms with E-state index in [1.807, 2.05) is 0 Å². The molecule has 11 nitrogen and oxygen atoms in total. The van der Waals surface area contributed by atoms with Gasteiger partial charge < -0.3 is 40.9 Å². The van der Waals surface area contributed by atoms with Gasteiger partial charge in [0, 0.05) is 26.8 Å². The zero-order valence-corrected chi connectivity index (χ0v) is 13.2. The minimum absolute atomic E-state index is 0.384. The second-order valence-corrected chi connectivity index (χ2v) is 5.66. The van der Waals surface area contributed by atoms with Gasteiger partial charge in [0.2, 0.25) is 11.8 Å². The Morgan fingerprint density at radius 1 is 1.25 bits per heavy atom. The lowest BCUT2D eigenvalue weighted by Gasteiger charge is -2.44. The van der Waals surface area contributed by atoms with Crippen LogP contribution >= 0.6 is 0 Å². The Morgan fingerprint density at radius 3 is 2.29 bits per heavy atom. The number of aliphatic hydroxyl groups is 4. The minimum Gasteiger partial charge on any atom is -0.477 e. The molecule has 0 aromatic heterocycles. The largest absolute Gasteiger partial charge is 0.477 e. The number of hydrogen-bond acceptors (Lipinski definition) is 8. The van der Waals surface area contributed by atoms with Gasteiger partial charge in [-0.15, -0.1) is 0 Å². The lowest BCUT2D eigenvalue weighted by atomic mass is 9.88. The molecule has 138 valence electrons. The number of aliphatic carboxylic acids is 1. The Kier molecular flexibility index (Phi) is 6.63. The predicted octanol–water partition coefficient (Wildman–Crippen LogP) is -3.73. The van der Waals surface area contributed by atoms with Crippen molar-refractivity contribution >= 4 is 17.8 Å². The fourth-order valence-electron chi connectivity index (χ4n) is 2.40. The number of hydrogen-bond donors (Lipinski definition) is 7. The molecular weight excluding hydrogens is 328 g/mol. The van der Waals surface area contributed by atoms with Crippen molar-refractivity contribution in [2.45, 2.75) is 56.5 Å². The van der Waals surface area contributed by atoms with Crippen molar-refractivity contribution in [2.75, 3.05) is 6.54 Å². The van der Waals surface area contributed by atoms with Crippen LogP contribution in [-0.2, 0) is 19.1 Å². The van der Waals surface area contributed by atoms with E-state index in [9.17, 15) is 34.8 Å². The highest BCUT2D eigenvalue weighted by Crippen LogP contribution is 2.30. The van der Waals surface area contributed by atoms with Crippen molar-refractivity contribution in [1.29, 1.82) is 0 Å². The first-order valence-electron chi connectivity index (χ1n) is 7.17. The summed E-state index contributed by atoms with van der Waals surface area (Å²) < 4.78 is 4.97. The van der Waals surface area contributed by atoms with Crippen LogP contribution in [0.4, 0.5) is 0 Å². The van der Waals surface area contributed by atoms with Gasteiger partial charge >= 0.3 is 5.97 Å². The van der Waals surface area contributed by atoms with E-state index >= 15 is 0 Å². The highest BCUT2D eigenvalue weighted by molar-refractivity contribution is 5.76. The quantitative estimate of drug-likeness (QED) is 0.253. The van der Waals surface area contributed by atoms with Crippen LogP contribution in [0, 0.1) is 0 Å². The number of nitrogens with one attached hydrogen (secondary N) is 2. The summed E-state index contributed by atoms with van der Waals surface area (Å²) in [6.07, 6.45) is -7.36. The van der Waals surface area contributed by atoms with Gasteiger partial charge in [0.05, 0.1) is 18.2 Å². The van der Waals surface area contributed by atoms with E-state index in [1.54, 1.807) is 0 Å². The van der Waals surface area contributed by atoms with E-state index in [0.717, 1.165) is 6.92 Å². The molecule has 0 aliphatic carbocycles. The van der Waals surface area contributed by atoms with Crippen LogP contribution in [0.1, 0.15) is 20.3 Å². The third-order valence-electron chi connectivity index (χ3n) is 3.58. The van der Waals surface area contributed by atoms with E-state index in [-0.39, 0.29) is 6.54 Å². The minimum atomic E-state index is -2.80. The third kappa shape index (κ3) is 4.85. The van der Waals surface area contributed by atoms with Gasteiger partial charge in [0.25, 0.3) is 5.79 Å². The average Bonchev–Trinajstić information content (AvgIpc) is 2.46. The molecule has 1 heterocycles. The normalized spacial score (nSPS) is 32.5. The fraction of sp³-hybridized carbons (Fsp3) is 0.769. The summed E-state index contributed by atoms with van der Waals surface area (Å²) in [6.45, 7) is 1.93. The molecule has 6 atom stereocenters. The zero-order valence-electron chi connectivity index (χ0n) is 13.2. The first kappa shape index (κ1) is 20.3. The third-order valence-corrected chi connectivity index (χ3v) is 3.58. The van der Waals surface area contributed by atoms with Crippen LogP contribution in [0.2, 0.25) is 0 Å². The maximum atomic E-state index is 11.2. The molecule has 0 bridgehead atoms. The topological polar surface area (TPSA) is 186 Å². The number of amides is 2. The molecule has 11 heteroatoms. The molecule has 6 unspecified atom stereocenters. The molecule has 0 spiro atoms. The number of rotatable bonds is 6. The number of ether oxygens (including phenoxy) is 1. The van der Waals surface area contributed by atoms with Crippen LogP contribution in [-0.4, -0.2) is 86.1 Å². The summed E-state index contributed by atoms with van der Waals surface area (Å²) in [5, 5.41) is 53.6. The summed E-state index contributed by atoms with van der Waals surface area (Å²) >= 11 is 0. The lowest BCUT2D eigenvalue weighted by molar-refractivity contribution is -0.294. The molecule has 1 fully saturated rings. The molecule has 0 aromatic rings. The lowest BCUT2D eigenvalue weighted by Crippen LogP contribution is -2.67. The number of carbonyl (C=O) groups excluding carboxylic acids is 2. The summed E-state index contributed by atoms with van der Waals surface area (Å²) in [5.74, 6) is -5.67. The van der Waals surface area contributed by atoms with Gasteiger partial charge in [-0.25, -0.2) is 4.79 Å². The Morgan fingerprint density at radius 2 is 1.83 bits per heavy atom. The highest BCUT2D eigenvalue weighted by atomic mass is 16.7. The molecule has 1 aliphatic heterocycles. The number of carboxylic acids is 1. The maximum absolute atomic E-state index is 11.2. The Labute approximate surface area is 137 Å².